The van der Waals surface area contributed by atoms with Crippen molar-refractivity contribution in [2.24, 2.45) is 0 Å². The van der Waals surface area contributed by atoms with Gasteiger partial charge in [-0.2, -0.15) is 0 Å². The van der Waals surface area contributed by atoms with Crippen molar-refractivity contribution in [2.75, 3.05) is 14.1 Å². The number of nitrogens with zero attached hydrogens (tertiary/aromatic N) is 1. The molecule has 0 heterocycles. The SMILES string of the molecule is Cc1ccccc1CC1(N(C)C)CCC(NC(=O)C(Cc2ccccc2)NC(=O)OC(C)(C)C)CC1. The second-order valence-electron chi connectivity index (χ2n) is 11.4. The molecule has 6 nitrogen and oxygen atoms in total. The highest BCUT2D eigenvalue weighted by molar-refractivity contribution is 5.86. The molecule has 2 aromatic rings. The van der Waals surface area contributed by atoms with Crippen molar-refractivity contribution in [1.29, 1.82) is 0 Å². The fourth-order valence-corrected chi connectivity index (χ4v) is 5.06. The van der Waals surface area contributed by atoms with E-state index < -0.39 is 17.7 Å². The molecule has 1 saturated carbocycles. The van der Waals surface area contributed by atoms with E-state index in [-0.39, 0.29) is 17.5 Å². The van der Waals surface area contributed by atoms with Crippen molar-refractivity contribution in [3.63, 3.8) is 0 Å². The van der Waals surface area contributed by atoms with E-state index in [4.69, 9.17) is 4.74 Å². The standard InChI is InChI=1S/C30H43N3O3/c1-22-12-10-11-15-24(22)21-30(33(5)6)18-16-25(17-19-30)31-27(34)26(20-23-13-8-7-9-14-23)32-28(35)36-29(2,3)4/h7-15,25-26H,16-21H2,1-6H3,(H,31,34)(H,32,35). The molecule has 0 spiro atoms. The molecular formula is C30H43N3O3. The van der Waals surface area contributed by atoms with Gasteiger partial charge in [0, 0.05) is 18.0 Å². The summed E-state index contributed by atoms with van der Waals surface area (Å²) in [7, 11) is 4.33. The highest BCUT2D eigenvalue weighted by Crippen LogP contribution is 2.36. The number of benzene rings is 2. The first-order valence-electron chi connectivity index (χ1n) is 13.0. The van der Waals surface area contributed by atoms with Crippen LogP contribution in [0.1, 0.15) is 63.1 Å². The van der Waals surface area contributed by atoms with Crippen LogP contribution in [0.3, 0.4) is 0 Å². The highest BCUT2D eigenvalue weighted by Gasteiger charge is 2.38. The fourth-order valence-electron chi connectivity index (χ4n) is 5.06. The Hall–Kier alpha value is -2.86. The number of alkyl carbamates (subject to hydrolysis) is 1. The Labute approximate surface area is 216 Å². The van der Waals surface area contributed by atoms with Crippen LogP contribution >= 0.6 is 0 Å². The molecule has 0 saturated heterocycles. The molecule has 1 atom stereocenters. The van der Waals surface area contributed by atoms with Gasteiger partial charge >= 0.3 is 6.09 Å². The normalized spacial score (nSPS) is 21.0. The van der Waals surface area contributed by atoms with Gasteiger partial charge in [-0.3, -0.25) is 4.79 Å². The lowest BCUT2D eigenvalue weighted by atomic mass is 9.74. The van der Waals surface area contributed by atoms with E-state index in [9.17, 15) is 9.59 Å². The van der Waals surface area contributed by atoms with Crippen molar-refractivity contribution in [2.45, 2.75) is 89.4 Å². The average Bonchev–Trinajstić information content (AvgIpc) is 2.81. The molecule has 2 aromatic carbocycles. The molecule has 1 fully saturated rings. The highest BCUT2D eigenvalue weighted by atomic mass is 16.6. The van der Waals surface area contributed by atoms with Gasteiger partial charge in [0.25, 0.3) is 0 Å². The van der Waals surface area contributed by atoms with Crippen LogP contribution in [0.15, 0.2) is 54.6 Å². The Morgan fingerprint density at radius 1 is 1.03 bits per heavy atom. The second-order valence-corrected chi connectivity index (χ2v) is 11.4. The summed E-state index contributed by atoms with van der Waals surface area (Å²) < 4.78 is 5.43. The Morgan fingerprint density at radius 2 is 1.64 bits per heavy atom. The number of ether oxygens (including phenoxy) is 1. The number of hydrogen-bond donors (Lipinski definition) is 2. The number of carbonyl (C=O) groups is 2. The number of hydrogen-bond acceptors (Lipinski definition) is 4. The fraction of sp³-hybridized carbons (Fsp3) is 0.533. The quantitative estimate of drug-likeness (QED) is 0.541. The number of rotatable bonds is 8. The lowest BCUT2D eigenvalue weighted by Gasteiger charge is -2.46. The van der Waals surface area contributed by atoms with Crippen LogP contribution in [0, 0.1) is 6.92 Å². The molecule has 0 bridgehead atoms. The summed E-state index contributed by atoms with van der Waals surface area (Å²) in [6.07, 6.45) is 4.65. The largest absolute Gasteiger partial charge is 0.444 e. The Morgan fingerprint density at radius 3 is 2.22 bits per heavy atom. The van der Waals surface area contributed by atoms with Crippen molar-refractivity contribution >= 4 is 12.0 Å². The second kappa shape index (κ2) is 11.9. The van der Waals surface area contributed by atoms with Gasteiger partial charge in [-0.1, -0.05) is 54.6 Å². The summed E-state index contributed by atoms with van der Waals surface area (Å²) in [5, 5.41) is 6.03. The molecule has 1 unspecified atom stereocenters. The zero-order chi connectivity index (χ0) is 26.3. The van der Waals surface area contributed by atoms with E-state index in [0.717, 1.165) is 37.7 Å². The van der Waals surface area contributed by atoms with Gasteiger partial charge < -0.3 is 20.3 Å². The third-order valence-electron chi connectivity index (χ3n) is 7.28. The average molecular weight is 494 g/mol. The van der Waals surface area contributed by atoms with Crippen LogP contribution in [-0.4, -0.2) is 54.2 Å². The van der Waals surface area contributed by atoms with E-state index in [2.05, 4.69) is 60.8 Å². The zero-order valence-electron chi connectivity index (χ0n) is 22.8. The minimum Gasteiger partial charge on any atom is -0.444 e. The van der Waals surface area contributed by atoms with E-state index >= 15 is 0 Å². The summed E-state index contributed by atoms with van der Waals surface area (Å²) >= 11 is 0. The third-order valence-corrected chi connectivity index (χ3v) is 7.28. The van der Waals surface area contributed by atoms with Crippen molar-refractivity contribution in [3.8, 4) is 0 Å². The van der Waals surface area contributed by atoms with Crippen molar-refractivity contribution in [1.82, 2.24) is 15.5 Å². The van der Waals surface area contributed by atoms with Gasteiger partial charge in [-0.25, -0.2) is 4.79 Å². The monoisotopic (exact) mass is 493 g/mol. The van der Waals surface area contributed by atoms with Gasteiger partial charge in [-0.05, 0) is 90.6 Å². The topological polar surface area (TPSA) is 70.7 Å². The molecule has 1 aliphatic rings. The number of likely N-dealkylation sites (N-methyl/N-ethyl adjacent to an activating group) is 1. The maximum absolute atomic E-state index is 13.4. The number of nitrogens with one attached hydrogen (secondary N) is 2. The molecule has 0 radical (unpaired) electrons. The predicted octanol–water partition coefficient (Wildman–Crippen LogP) is 5.03. The maximum atomic E-state index is 13.4. The Bertz CT molecular complexity index is 1010. The van der Waals surface area contributed by atoms with Crippen LogP contribution in [0.4, 0.5) is 4.79 Å². The van der Waals surface area contributed by atoms with Gasteiger partial charge in [0.1, 0.15) is 11.6 Å². The van der Waals surface area contributed by atoms with Gasteiger partial charge in [0.05, 0.1) is 0 Å². The minimum absolute atomic E-state index is 0.0749. The van der Waals surface area contributed by atoms with Gasteiger partial charge in [-0.15, -0.1) is 0 Å². The third kappa shape index (κ3) is 7.82. The van der Waals surface area contributed by atoms with Gasteiger partial charge in [0.2, 0.25) is 5.91 Å². The van der Waals surface area contributed by atoms with Gasteiger partial charge in [0.15, 0.2) is 0 Å². The molecule has 1 aliphatic carbocycles. The number of aryl methyl sites for hydroxylation is 1. The maximum Gasteiger partial charge on any atom is 0.408 e. The smallest absolute Gasteiger partial charge is 0.408 e. The molecule has 36 heavy (non-hydrogen) atoms. The predicted molar refractivity (Wildman–Crippen MR) is 145 cm³/mol. The summed E-state index contributed by atoms with van der Waals surface area (Å²) in [4.78, 5) is 28.2. The molecule has 196 valence electrons. The zero-order valence-corrected chi connectivity index (χ0v) is 22.8. The minimum atomic E-state index is -0.699. The first-order chi connectivity index (χ1) is 17.0. The Kier molecular flexibility index (Phi) is 9.18. The molecule has 2 N–H and O–H groups in total. The van der Waals surface area contributed by atoms with Crippen LogP contribution in [0.5, 0.6) is 0 Å². The Balaban J connectivity index is 1.65. The molecule has 0 aliphatic heterocycles. The van der Waals surface area contributed by atoms with Crippen molar-refractivity contribution < 1.29 is 14.3 Å². The van der Waals surface area contributed by atoms with Crippen LogP contribution < -0.4 is 10.6 Å². The molecular weight excluding hydrogens is 450 g/mol. The molecule has 2 amide bonds. The summed E-state index contributed by atoms with van der Waals surface area (Å²) in [6, 6.07) is 17.7. The summed E-state index contributed by atoms with van der Waals surface area (Å²) in [5.74, 6) is -0.161. The number of carbonyl (C=O) groups excluding carboxylic acids is 2. The van der Waals surface area contributed by atoms with E-state index in [1.54, 1.807) is 0 Å². The molecule has 6 heteroatoms. The van der Waals surface area contributed by atoms with Crippen LogP contribution in [-0.2, 0) is 22.4 Å². The molecule has 0 aromatic heterocycles. The first kappa shape index (κ1) is 27.7. The van der Waals surface area contributed by atoms with E-state index in [1.807, 2.05) is 51.1 Å². The van der Waals surface area contributed by atoms with E-state index in [0.29, 0.717) is 6.42 Å². The van der Waals surface area contributed by atoms with Crippen LogP contribution in [0.25, 0.3) is 0 Å². The van der Waals surface area contributed by atoms with E-state index in [1.165, 1.54) is 11.1 Å². The lowest BCUT2D eigenvalue weighted by molar-refractivity contribution is -0.124. The molecule has 3 rings (SSSR count). The lowest BCUT2D eigenvalue weighted by Crippen LogP contribution is -2.55. The van der Waals surface area contributed by atoms with Crippen molar-refractivity contribution in [3.05, 3.63) is 71.3 Å². The van der Waals surface area contributed by atoms with Crippen LogP contribution in [0.2, 0.25) is 0 Å². The summed E-state index contributed by atoms with van der Waals surface area (Å²) in [6.45, 7) is 7.62. The number of amides is 2. The first-order valence-corrected chi connectivity index (χ1v) is 13.0. The summed E-state index contributed by atoms with van der Waals surface area (Å²) in [5.41, 5.74) is 3.14.